The van der Waals surface area contributed by atoms with Crippen molar-refractivity contribution in [3.05, 3.63) is 27.7 Å². The number of hydrogen-bond acceptors (Lipinski definition) is 2. The second kappa shape index (κ2) is 4.18. The summed E-state index contributed by atoms with van der Waals surface area (Å²) in [5.41, 5.74) is 0.294. The van der Waals surface area contributed by atoms with Crippen LogP contribution in [0, 0.1) is 0 Å². The van der Waals surface area contributed by atoms with Crippen LogP contribution in [0.5, 0.6) is 5.75 Å². The monoisotopic (exact) mass is 238 g/mol. The third-order valence-corrected chi connectivity index (χ3v) is 2.28. The fraction of sp³-hybridized carbons (Fsp3) is 0.125. The highest BCUT2D eigenvalue weighted by Gasteiger charge is 2.10. The maximum Gasteiger partial charge on any atom is 0.177 e. The van der Waals surface area contributed by atoms with Crippen LogP contribution in [-0.4, -0.2) is 16.8 Å². The van der Waals surface area contributed by atoms with Crippen molar-refractivity contribution < 1.29 is 9.90 Å². The van der Waals surface area contributed by atoms with E-state index in [1.165, 1.54) is 12.1 Å². The van der Waals surface area contributed by atoms with Crippen LogP contribution in [0.15, 0.2) is 12.1 Å². The molecule has 0 atom stereocenters. The Hall–Kier alpha value is -0.440. The molecule has 0 saturated carbocycles. The fourth-order valence-electron chi connectivity index (χ4n) is 0.804. The molecular weight excluding hydrogens is 234 g/mol. The van der Waals surface area contributed by atoms with Crippen LogP contribution in [0.3, 0.4) is 0 Å². The standard InChI is InChI=1S/C8H5Cl3O2/c9-3-7(12)4-1-5(10)8(13)6(11)2-4/h1-2,13H,3H2. The number of phenols is 1. The number of ketones is 1. The van der Waals surface area contributed by atoms with Crippen molar-refractivity contribution in [2.75, 3.05) is 5.88 Å². The molecular formula is C8H5Cl3O2. The van der Waals surface area contributed by atoms with Crippen molar-refractivity contribution in [3.63, 3.8) is 0 Å². The van der Waals surface area contributed by atoms with E-state index in [-0.39, 0.29) is 27.5 Å². The van der Waals surface area contributed by atoms with Crippen LogP contribution in [0.4, 0.5) is 0 Å². The maximum atomic E-state index is 11.1. The zero-order valence-corrected chi connectivity index (χ0v) is 8.62. The van der Waals surface area contributed by atoms with E-state index >= 15 is 0 Å². The normalized spacial score (nSPS) is 10.1. The summed E-state index contributed by atoms with van der Waals surface area (Å²) < 4.78 is 0. The molecule has 0 saturated heterocycles. The van der Waals surface area contributed by atoms with E-state index in [9.17, 15) is 9.90 Å². The van der Waals surface area contributed by atoms with Crippen LogP contribution >= 0.6 is 34.8 Å². The number of benzene rings is 1. The van der Waals surface area contributed by atoms with E-state index in [2.05, 4.69) is 0 Å². The molecule has 0 unspecified atom stereocenters. The summed E-state index contributed by atoms with van der Waals surface area (Å²) in [5.74, 6) is -0.655. The van der Waals surface area contributed by atoms with E-state index in [1.54, 1.807) is 0 Å². The first-order valence-electron chi connectivity index (χ1n) is 3.33. The Labute approximate surface area is 90.0 Å². The Morgan fingerprint density at radius 3 is 2.15 bits per heavy atom. The number of rotatable bonds is 2. The SMILES string of the molecule is O=C(CCl)c1cc(Cl)c(O)c(Cl)c1. The van der Waals surface area contributed by atoms with Crippen LogP contribution in [0.1, 0.15) is 10.4 Å². The van der Waals surface area contributed by atoms with Crippen LogP contribution in [0.25, 0.3) is 0 Å². The zero-order valence-electron chi connectivity index (χ0n) is 6.35. The van der Waals surface area contributed by atoms with Crippen molar-refractivity contribution in [1.82, 2.24) is 0 Å². The van der Waals surface area contributed by atoms with Crippen LogP contribution in [0.2, 0.25) is 10.0 Å². The Morgan fingerprint density at radius 1 is 1.31 bits per heavy atom. The number of phenolic OH excluding ortho intramolecular Hbond substituents is 1. The predicted octanol–water partition coefficient (Wildman–Crippen LogP) is 3.12. The molecule has 0 amide bonds. The molecule has 0 aliphatic carbocycles. The number of carbonyl (C=O) groups is 1. The van der Waals surface area contributed by atoms with Gasteiger partial charge < -0.3 is 5.11 Å². The van der Waals surface area contributed by atoms with Gasteiger partial charge in [0.2, 0.25) is 0 Å². The molecule has 13 heavy (non-hydrogen) atoms. The topological polar surface area (TPSA) is 37.3 Å². The van der Waals surface area contributed by atoms with Gasteiger partial charge in [0.05, 0.1) is 15.9 Å². The van der Waals surface area contributed by atoms with Crippen molar-refractivity contribution in [3.8, 4) is 5.75 Å². The molecule has 2 nitrogen and oxygen atoms in total. The third-order valence-electron chi connectivity index (χ3n) is 1.46. The fourth-order valence-corrected chi connectivity index (χ4v) is 1.45. The summed E-state index contributed by atoms with van der Waals surface area (Å²) in [7, 11) is 0. The highest BCUT2D eigenvalue weighted by molar-refractivity contribution is 6.38. The van der Waals surface area contributed by atoms with E-state index in [1.807, 2.05) is 0 Å². The lowest BCUT2D eigenvalue weighted by Gasteiger charge is -2.02. The Kier molecular flexibility index (Phi) is 3.42. The number of alkyl halides is 1. The number of carbonyl (C=O) groups excluding carboxylic acids is 1. The van der Waals surface area contributed by atoms with Crippen molar-refractivity contribution in [2.45, 2.75) is 0 Å². The third kappa shape index (κ3) is 2.27. The minimum absolute atomic E-state index is 0.0426. The zero-order chi connectivity index (χ0) is 10.0. The molecule has 0 aromatic heterocycles. The first-order chi connectivity index (χ1) is 6.06. The second-order valence-corrected chi connectivity index (χ2v) is 3.43. The van der Waals surface area contributed by atoms with E-state index in [0.717, 1.165) is 0 Å². The summed E-state index contributed by atoms with van der Waals surface area (Å²) in [6, 6.07) is 2.65. The van der Waals surface area contributed by atoms with E-state index in [0.29, 0.717) is 5.56 Å². The van der Waals surface area contributed by atoms with Crippen molar-refractivity contribution >= 4 is 40.6 Å². The molecule has 1 N–H and O–H groups in total. The molecule has 0 spiro atoms. The number of Topliss-reactive ketones (excluding diaryl/α,β-unsaturated/α-hetero) is 1. The van der Waals surface area contributed by atoms with Crippen LogP contribution in [-0.2, 0) is 0 Å². The molecule has 0 radical (unpaired) electrons. The molecule has 0 fully saturated rings. The molecule has 0 bridgehead atoms. The van der Waals surface area contributed by atoms with Crippen molar-refractivity contribution in [1.29, 1.82) is 0 Å². The minimum Gasteiger partial charge on any atom is -0.505 e. The average Bonchev–Trinajstić information content (AvgIpc) is 2.12. The van der Waals surface area contributed by atoms with Gasteiger partial charge in [-0.1, -0.05) is 23.2 Å². The summed E-state index contributed by atoms with van der Waals surface area (Å²) in [5, 5.41) is 9.26. The van der Waals surface area contributed by atoms with Gasteiger partial charge in [0.1, 0.15) is 0 Å². The molecule has 70 valence electrons. The molecule has 0 aliphatic heterocycles. The van der Waals surface area contributed by atoms with Gasteiger partial charge in [0.25, 0.3) is 0 Å². The lowest BCUT2D eigenvalue weighted by atomic mass is 10.1. The first kappa shape index (κ1) is 10.6. The Balaban J connectivity index is 3.20. The molecule has 0 heterocycles. The predicted molar refractivity (Wildman–Crippen MR) is 53.2 cm³/mol. The molecule has 1 aromatic carbocycles. The van der Waals surface area contributed by atoms with Gasteiger partial charge in [-0.15, -0.1) is 11.6 Å². The lowest BCUT2D eigenvalue weighted by molar-refractivity contribution is 0.102. The summed E-state index contributed by atoms with van der Waals surface area (Å²) >= 11 is 16.5. The van der Waals surface area contributed by atoms with Gasteiger partial charge in [-0.2, -0.15) is 0 Å². The molecule has 5 heteroatoms. The highest BCUT2D eigenvalue weighted by Crippen LogP contribution is 2.32. The second-order valence-electron chi connectivity index (χ2n) is 2.35. The van der Waals surface area contributed by atoms with Gasteiger partial charge >= 0.3 is 0 Å². The van der Waals surface area contributed by atoms with Gasteiger partial charge in [-0.3, -0.25) is 4.79 Å². The summed E-state index contributed by atoms with van der Waals surface area (Å²) in [6.07, 6.45) is 0. The molecule has 0 aliphatic rings. The Bertz CT molecular complexity index is 326. The summed E-state index contributed by atoms with van der Waals surface area (Å²) in [4.78, 5) is 11.1. The van der Waals surface area contributed by atoms with Gasteiger partial charge in [-0.05, 0) is 12.1 Å². The van der Waals surface area contributed by atoms with Gasteiger partial charge in [0.15, 0.2) is 11.5 Å². The highest BCUT2D eigenvalue weighted by atomic mass is 35.5. The minimum atomic E-state index is -0.287. The first-order valence-corrected chi connectivity index (χ1v) is 4.62. The van der Waals surface area contributed by atoms with E-state index in [4.69, 9.17) is 34.8 Å². The molecule has 1 rings (SSSR count). The lowest BCUT2D eigenvalue weighted by Crippen LogP contribution is -1.99. The van der Waals surface area contributed by atoms with E-state index < -0.39 is 0 Å². The summed E-state index contributed by atoms with van der Waals surface area (Å²) in [6.45, 7) is 0. The Morgan fingerprint density at radius 2 is 1.77 bits per heavy atom. The van der Waals surface area contributed by atoms with Crippen molar-refractivity contribution in [2.24, 2.45) is 0 Å². The smallest absolute Gasteiger partial charge is 0.177 e. The average molecular weight is 239 g/mol. The van der Waals surface area contributed by atoms with Gasteiger partial charge in [0, 0.05) is 5.56 Å². The van der Waals surface area contributed by atoms with Crippen LogP contribution < -0.4 is 0 Å². The van der Waals surface area contributed by atoms with Gasteiger partial charge in [-0.25, -0.2) is 0 Å². The largest absolute Gasteiger partial charge is 0.505 e. The maximum absolute atomic E-state index is 11.1. The number of aromatic hydroxyl groups is 1. The number of hydrogen-bond donors (Lipinski definition) is 1. The molecule has 1 aromatic rings. The quantitative estimate of drug-likeness (QED) is 0.636. The number of halogens is 3.